The van der Waals surface area contributed by atoms with E-state index in [0.29, 0.717) is 12.5 Å². The lowest BCUT2D eigenvalue weighted by molar-refractivity contribution is -0.0971. The monoisotopic (exact) mass is 408 g/mol. The average molecular weight is 408 g/mol. The van der Waals surface area contributed by atoms with Crippen LogP contribution < -0.4 is 10.6 Å². The summed E-state index contributed by atoms with van der Waals surface area (Å²) in [6.07, 6.45) is 0. The molecular formula is C14H25IN4O2. The molecule has 7 heteroatoms. The summed E-state index contributed by atoms with van der Waals surface area (Å²) in [4.78, 5) is 4.20. The van der Waals surface area contributed by atoms with E-state index in [1.807, 2.05) is 6.07 Å². The lowest BCUT2D eigenvalue weighted by atomic mass is 9.89. The van der Waals surface area contributed by atoms with Crippen LogP contribution in [0.2, 0.25) is 0 Å². The molecule has 1 aromatic heterocycles. The van der Waals surface area contributed by atoms with Gasteiger partial charge in [0.1, 0.15) is 0 Å². The van der Waals surface area contributed by atoms with E-state index >= 15 is 0 Å². The topological polar surface area (TPSA) is 71.7 Å². The van der Waals surface area contributed by atoms with Crippen LogP contribution in [0.25, 0.3) is 0 Å². The summed E-state index contributed by atoms with van der Waals surface area (Å²) in [5.74, 6) is 1.96. The standard InChI is InChI=1S/C14H24N4O2.HI/c1-10(2)12-5-11(20-18-12)6-16-13(15-4)17-7-14(3)8-19-9-14;/h5,10H,6-9H2,1-4H3,(H2,15,16,17);1H. The van der Waals surface area contributed by atoms with E-state index < -0.39 is 0 Å². The van der Waals surface area contributed by atoms with Crippen LogP contribution in [0.3, 0.4) is 0 Å². The van der Waals surface area contributed by atoms with Crippen LogP contribution >= 0.6 is 24.0 Å². The number of guanidine groups is 1. The highest BCUT2D eigenvalue weighted by atomic mass is 127. The molecule has 0 saturated carbocycles. The zero-order chi connectivity index (χ0) is 14.6. The van der Waals surface area contributed by atoms with Gasteiger partial charge in [0.25, 0.3) is 0 Å². The Balaban J connectivity index is 0.00000220. The molecule has 0 aliphatic carbocycles. The smallest absolute Gasteiger partial charge is 0.191 e. The third-order valence-electron chi connectivity index (χ3n) is 3.41. The zero-order valence-electron chi connectivity index (χ0n) is 13.1. The van der Waals surface area contributed by atoms with E-state index in [1.165, 1.54) is 0 Å². The van der Waals surface area contributed by atoms with Gasteiger partial charge in [-0.05, 0) is 5.92 Å². The first-order valence-corrected chi connectivity index (χ1v) is 7.00. The molecular weight excluding hydrogens is 383 g/mol. The van der Waals surface area contributed by atoms with Crippen LogP contribution in [0.4, 0.5) is 0 Å². The summed E-state index contributed by atoms with van der Waals surface area (Å²) < 4.78 is 10.5. The van der Waals surface area contributed by atoms with Crippen LogP contribution in [0.5, 0.6) is 0 Å². The maximum atomic E-state index is 5.28. The Morgan fingerprint density at radius 3 is 2.62 bits per heavy atom. The quantitative estimate of drug-likeness (QED) is 0.444. The molecule has 2 rings (SSSR count). The summed E-state index contributed by atoms with van der Waals surface area (Å²) in [7, 11) is 1.76. The van der Waals surface area contributed by atoms with Gasteiger partial charge < -0.3 is 19.9 Å². The average Bonchev–Trinajstić information content (AvgIpc) is 2.86. The fraction of sp³-hybridized carbons (Fsp3) is 0.714. The SMILES string of the molecule is CN=C(NCc1cc(C(C)C)no1)NCC1(C)COC1.I. The van der Waals surface area contributed by atoms with Gasteiger partial charge in [0.15, 0.2) is 11.7 Å². The molecule has 1 aliphatic rings. The minimum atomic E-state index is 0. The maximum Gasteiger partial charge on any atom is 0.191 e. The van der Waals surface area contributed by atoms with Crippen LogP contribution in [-0.2, 0) is 11.3 Å². The number of rotatable bonds is 5. The molecule has 120 valence electrons. The van der Waals surface area contributed by atoms with Crippen LogP contribution in [0.1, 0.15) is 38.1 Å². The summed E-state index contributed by atoms with van der Waals surface area (Å²) in [5.41, 5.74) is 1.19. The van der Waals surface area contributed by atoms with E-state index in [2.05, 4.69) is 41.6 Å². The molecule has 1 aliphatic heterocycles. The highest BCUT2D eigenvalue weighted by Crippen LogP contribution is 2.24. The predicted molar refractivity (Wildman–Crippen MR) is 93.1 cm³/mol. The largest absolute Gasteiger partial charge is 0.380 e. The Bertz CT molecular complexity index is 469. The fourth-order valence-electron chi connectivity index (χ4n) is 1.93. The van der Waals surface area contributed by atoms with Gasteiger partial charge in [0.2, 0.25) is 0 Å². The first-order valence-electron chi connectivity index (χ1n) is 7.00. The number of nitrogens with one attached hydrogen (secondary N) is 2. The number of hydrogen-bond donors (Lipinski definition) is 2. The highest BCUT2D eigenvalue weighted by Gasteiger charge is 2.33. The van der Waals surface area contributed by atoms with Gasteiger partial charge in [-0.2, -0.15) is 0 Å². The molecule has 6 nitrogen and oxygen atoms in total. The van der Waals surface area contributed by atoms with Crippen molar-refractivity contribution in [1.82, 2.24) is 15.8 Å². The Morgan fingerprint density at radius 2 is 2.14 bits per heavy atom. The van der Waals surface area contributed by atoms with Gasteiger partial charge in [-0.1, -0.05) is 25.9 Å². The molecule has 0 radical (unpaired) electrons. The summed E-state index contributed by atoms with van der Waals surface area (Å²) >= 11 is 0. The summed E-state index contributed by atoms with van der Waals surface area (Å²) in [6, 6.07) is 1.98. The predicted octanol–water partition coefficient (Wildman–Crippen LogP) is 2.12. The molecule has 2 N–H and O–H groups in total. The number of nitrogens with zero attached hydrogens (tertiary/aromatic N) is 2. The van der Waals surface area contributed by atoms with Crippen molar-refractivity contribution < 1.29 is 9.26 Å². The van der Waals surface area contributed by atoms with Crippen molar-refractivity contribution >= 4 is 29.9 Å². The van der Waals surface area contributed by atoms with Crippen LogP contribution in [0.15, 0.2) is 15.6 Å². The van der Waals surface area contributed by atoms with Gasteiger partial charge in [0.05, 0.1) is 25.5 Å². The second kappa shape index (κ2) is 7.98. The lowest BCUT2D eigenvalue weighted by Gasteiger charge is -2.38. The zero-order valence-corrected chi connectivity index (χ0v) is 15.4. The molecule has 1 fully saturated rings. The number of hydrogen-bond acceptors (Lipinski definition) is 4. The number of aliphatic imine (C=N–C) groups is 1. The third kappa shape index (κ3) is 5.14. The Kier molecular flexibility index (Phi) is 6.92. The van der Waals surface area contributed by atoms with Gasteiger partial charge in [-0.25, -0.2) is 0 Å². The first kappa shape index (κ1) is 18.2. The number of ether oxygens (including phenoxy) is 1. The Labute approximate surface area is 143 Å². The van der Waals surface area contributed by atoms with Crippen molar-refractivity contribution in [2.24, 2.45) is 10.4 Å². The molecule has 2 heterocycles. The van der Waals surface area contributed by atoms with Crippen molar-refractivity contribution in [3.05, 3.63) is 17.5 Å². The van der Waals surface area contributed by atoms with Crippen molar-refractivity contribution in [2.75, 3.05) is 26.8 Å². The fourth-order valence-corrected chi connectivity index (χ4v) is 1.93. The van der Waals surface area contributed by atoms with Gasteiger partial charge >= 0.3 is 0 Å². The lowest BCUT2D eigenvalue weighted by Crippen LogP contribution is -2.50. The number of aromatic nitrogens is 1. The Hall–Kier alpha value is -0.830. The van der Waals surface area contributed by atoms with Crippen molar-refractivity contribution in [1.29, 1.82) is 0 Å². The van der Waals surface area contributed by atoms with Gasteiger partial charge in [-0.3, -0.25) is 4.99 Å². The minimum Gasteiger partial charge on any atom is -0.380 e. The molecule has 0 aromatic carbocycles. The molecule has 0 bridgehead atoms. The second-order valence-corrected chi connectivity index (χ2v) is 5.96. The van der Waals surface area contributed by atoms with Crippen molar-refractivity contribution in [2.45, 2.75) is 33.2 Å². The molecule has 0 atom stereocenters. The summed E-state index contributed by atoms with van der Waals surface area (Å²) in [5, 5.41) is 10.6. The molecule has 0 spiro atoms. The minimum absolute atomic E-state index is 0. The molecule has 21 heavy (non-hydrogen) atoms. The molecule has 1 aromatic rings. The normalized spacial score (nSPS) is 17.1. The van der Waals surface area contributed by atoms with Crippen LogP contribution in [-0.4, -0.2) is 37.9 Å². The first-order chi connectivity index (χ1) is 9.52. The van der Waals surface area contributed by atoms with Gasteiger partial charge in [0, 0.05) is 25.1 Å². The molecule has 1 saturated heterocycles. The number of halogens is 1. The van der Waals surface area contributed by atoms with Gasteiger partial charge in [-0.15, -0.1) is 24.0 Å². The maximum absolute atomic E-state index is 5.28. The van der Waals surface area contributed by atoms with Crippen LogP contribution in [0, 0.1) is 5.41 Å². The molecule has 0 amide bonds. The van der Waals surface area contributed by atoms with E-state index in [4.69, 9.17) is 9.26 Å². The van der Waals surface area contributed by atoms with E-state index in [-0.39, 0.29) is 29.4 Å². The second-order valence-electron chi connectivity index (χ2n) is 5.96. The van der Waals surface area contributed by atoms with E-state index in [9.17, 15) is 0 Å². The molecule has 0 unspecified atom stereocenters. The highest BCUT2D eigenvalue weighted by molar-refractivity contribution is 14.0. The van der Waals surface area contributed by atoms with E-state index in [1.54, 1.807) is 7.05 Å². The summed E-state index contributed by atoms with van der Waals surface area (Å²) in [6.45, 7) is 9.41. The van der Waals surface area contributed by atoms with Crippen molar-refractivity contribution in [3.8, 4) is 0 Å². The van der Waals surface area contributed by atoms with E-state index in [0.717, 1.165) is 37.2 Å². The Morgan fingerprint density at radius 1 is 1.43 bits per heavy atom. The third-order valence-corrected chi connectivity index (χ3v) is 3.41. The van der Waals surface area contributed by atoms with Crippen molar-refractivity contribution in [3.63, 3.8) is 0 Å².